The van der Waals surface area contributed by atoms with Gasteiger partial charge in [0, 0.05) is 17.8 Å². The summed E-state index contributed by atoms with van der Waals surface area (Å²) in [5.41, 5.74) is 5.43. The summed E-state index contributed by atoms with van der Waals surface area (Å²) in [5.74, 6) is -1.87. The van der Waals surface area contributed by atoms with Gasteiger partial charge in [0.2, 0.25) is 0 Å². The van der Waals surface area contributed by atoms with Crippen molar-refractivity contribution >= 4 is 5.91 Å². The summed E-state index contributed by atoms with van der Waals surface area (Å²) >= 11 is 0. The van der Waals surface area contributed by atoms with Gasteiger partial charge in [-0.3, -0.25) is 9.36 Å². The lowest BCUT2D eigenvalue weighted by atomic mass is 10.0. The first-order valence-electron chi connectivity index (χ1n) is 9.85. The Bertz CT molecular complexity index is 1210. The second-order valence-electron chi connectivity index (χ2n) is 7.46. The topological polar surface area (TPSA) is 46.9 Å². The second-order valence-corrected chi connectivity index (χ2v) is 7.46. The molecule has 0 aliphatic carbocycles. The van der Waals surface area contributed by atoms with E-state index in [4.69, 9.17) is 0 Å². The number of hydrogen-bond acceptors (Lipinski definition) is 2. The molecule has 31 heavy (non-hydrogen) atoms. The van der Waals surface area contributed by atoms with Crippen LogP contribution in [0.2, 0.25) is 0 Å². The lowest BCUT2D eigenvalue weighted by Crippen LogP contribution is -2.26. The summed E-state index contributed by atoms with van der Waals surface area (Å²) in [6.07, 6.45) is 2.95. The van der Waals surface area contributed by atoms with Gasteiger partial charge in [0.15, 0.2) is 0 Å². The highest BCUT2D eigenvalue weighted by Gasteiger charge is 2.15. The van der Waals surface area contributed by atoms with Crippen LogP contribution in [0.5, 0.6) is 0 Å². The predicted molar refractivity (Wildman–Crippen MR) is 116 cm³/mol. The fourth-order valence-corrected chi connectivity index (χ4v) is 3.59. The minimum absolute atomic E-state index is 0.181. The third-order valence-corrected chi connectivity index (χ3v) is 5.06. The number of hydrogen-bond donors (Lipinski definition) is 1. The highest BCUT2D eigenvalue weighted by Crippen LogP contribution is 2.24. The van der Waals surface area contributed by atoms with Gasteiger partial charge in [-0.05, 0) is 49.2 Å². The molecule has 0 saturated heterocycles. The quantitative estimate of drug-likeness (QED) is 0.475. The number of carbonyl (C=O) groups excluding carboxylic acids is 1. The van der Waals surface area contributed by atoms with Gasteiger partial charge in [0.05, 0.1) is 12.5 Å². The van der Waals surface area contributed by atoms with Gasteiger partial charge >= 0.3 is 0 Å². The number of carbonyl (C=O) groups is 1. The van der Waals surface area contributed by atoms with E-state index in [0.29, 0.717) is 0 Å². The molecule has 0 aliphatic heterocycles. The average molecular weight is 417 g/mol. The van der Waals surface area contributed by atoms with Crippen LogP contribution in [0.25, 0.3) is 16.8 Å². The lowest BCUT2D eigenvalue weighted by Gasteiger charge is -2.11. The largest absolute Gasteiger partial charge is 0.346 e. The maximum absolute atomic E-state index is 13.8. The molecule has 1 N–H and O–H groups in total. The Morgan fingerprint density at radius 3 is 2.23 bits per heavy atom. The average Bonchev–Trinajstić information content (AvgIpc) is 3.23. The van der Waals surface area contributed by atoms with Gasteiger partial charge in [0.25, 0.3) is 5.91 Å². The number of imidazole rings is 1. The zero-order chi connectivity index (χ0) is 22.0. The molecule has 0 atom stereocenters. The molecule has 3 aromatic carbocycles. The van der Waals surface area contributed by atoms with Crippen LogP contribution in [-0.4, -0.2) is 15.5 Å². The van der Waals surface area contributed by atoms with Gasteiger partial charge in [-0.15, -0.1) is 0 Å². The maximum Gasteiger partial charge on any atom is 0.270 e. The number of halogens is 2. The number of amides is 1. The summed E-state index contributed by atoms with van der Waals surface area (Å²) in [6, 6.07) is 17.8. The van der Waals surface area contributed by atoms with E-state index in [1.165, 1.54) is 29.7 Å². The fraction of sp³-hybridized carbons (Fsp3) is 0.120. The smallest absolute Gasteiger partial charge is 0.270 e. The van der Waals surface area contributed by atoms with Crippen LogP contribution >= 0.6 is 0 Å². The molecule has 1 aromatic heterocycles. The van der Waals surface area contributed by atoms with Crippen molar-refractivity contribution < 1.29 is 13.6 Å². The predicted octanol–water partition coefficient (Wildman–Crippen LogP) is 5.36. The standard InChI is InChI=1S/C25H21F2N3O/c1-16-10-17(2)12-19(11-16)18-6-8-20(9-7-18)30-15-28-14-24(30)25(31)29-13-21-22(26)4-3-5-23(21)27/h3-12,14-15H,13H2,1-2H3,(H,29,31). The monoisotopic (exact) mass is 417 g/mol. The van der Waals surface area contributed by atoms with Crippen molar-refractivity contribution in [2.24, 2.45) is 0 Å². The van der Waals surface area contributed by atoms with E-state index < -0.39 is 17.5 Å². The van der Waals surface area contributed by atoms with Gasteiger partial charge in [-0.1, -0.05) is 47.5 Å². The highest BCUT2D eigenvalue weighted by molar-refractivity contribution is 5.93. The number of aromatic nitrogens is 2. The van der Waals surface area contributed by atoms with Crippen LogP contribution in [-0.2, 0) is 6.54 Å². The molecule has 4 aromatic rings. The van der Waals surface area contributed by atoms with Crippen LogP contribution < -0.4 is 5.32 Å². The summed E-state index contributed by atoms with van der Waals surface area (Å²) < 4.78 is 29.2. The number of nitrogens with one attached hydrogen (secondary N) is 1. The molecule has 4 nitrogen and oxygen atoms in total. The molecule has 156 valence electrons. The van der Waals surface area contributed by atoms with Crippen molar-refractivity contribution in [3.8, 4) is 16.8 Å². The molecule has 0 aliphatic rings. The molecule has 0 unspecified atom stereocenters. The van der Waals surface area contributed by atoms with Crippen molar-refractivity contribution in [3.63, 3.8) is 0 Å². The Balaban J connectivity index is 1.54. The van der Waals surface area contributed by atoms with E-state index in [0.717, 1.165) is 28.9 Å². The Morgan fingerprint density at radius 1 is 0.935 bits per heavy atom. The first-order valence-corrected chi connectivity index (χ1v) is 9.85. The lowest BCUT2D eigenvalue weighted by molar-refractivity contribution is 0.0943. The van der Waals surface area contributed by atoms with E-state index in [-0.39, 0.29) is 17.8 Å². The Morgan fingerprint density at radius 2 is 1.58 bits per heavy atom. The third kappa shape index (κ3) is 4.38. The van der Waals surface area contributed by atoms with E-state index in [9.17, 15) is 13.6 Å². The van der Waals surface area contributed by atoms with E-state index >= 15 is 0 Å². The number of rotatable bonds is 5. The zero-order valence-electron chi connectivity index (χ0n) is 17.2. The minimum Gasteiger partial charge on any atom is -0.346 e. The molecule has 0 radical (unpaired) electrons. The number of aryl methyl sites for hydroxylation is 2. The molecule has 0 fully saturated rings. The zero-order valence-corrected chi connectivity index (χ0v) is 17.2. The molecule has 0 bridgehead atoms. The normalized spacial score (nSPS) is 10.8. The minimum atomic E-state index is -0.698. The van der Waals surface area contributed by atoms with Crippen LogP contribution in [0.1, 0.15) is 27.2 Å². The summed E-state index contributed by atoms with van der Waals surface area (Å²) in [7, 11) is 0. The summed E-state index contributed by atoms with van der Waals surface area (Å²) in [4.78, 5) is 16.7. The molecule has 6 heteroatoms. The summed E-state index contributed by atoms with van der Waals surface area (Å²) in [5, 5.41) is 2.56. The van der Waals surface area contributed by atoms with Crippen LogP contribution in [0.4, 0.5) is 8.78 Å². The molecule has 1 amide bonds. The van der Waals surface area contributed by atoms with Crippen LogP contribution in [0, 0.1) is 25.5 Å². The second kappa shape index (κ2) is 8.52. The molecule has 0 spiro atoms. The molecular formula is C25H21F2N3O. The van der Waals surface area contributed by atoms with Crippen molar-refractivity contribution in [1.82, 2.24) is 14.9 Å². The van der Waals surface area contributed by atoms with Gasteiger partial charge in [0.1, 0.15) is 17.3 Å². The van der Waals surface area contributed by atoms with Crippen LogP contribution in [0.15, 0.2) is 73.2 Å². The molecule has 4 rings (SSSR count). The SMILES string of the molecule is Cc1cc(C)cc(-c2ccc(-n3cncc3C(=O)NCc3c(F)cccc3F)cc2)c1. The van der Waals surface area contributed by atoms with Gasteiger partial charge < -0.3 is 5.32 Å². The third-order valence-electron chi connectivity index (χ3n) is 5.06. The maximum atomic E-state index is 13.8. The molecular weight excluding hydrogens is 396 g/mol. The number of benzene rings is 3. The van der Waals surface area contributed by atoms with Crippen molar-refractivity contribution in [2.75, 3.05) is 0 Å². The van der Waals surface area contributed by atoms with Gasteiger partial charge in [-0.2, -0.15) is 0 Å². The van der Waals surface area contributed by atoms with Crippen molar-refractivity contribution in [2.45, 2.75) is 20.4 Å². The molecule has 0 saturated carbocycles. The highest BCUT2D eigenvalue weighted by atomic mass is 19.1. The number of nitrogens with zero attached hydrogens (tertiary/aromatic N) is 2. The van der Waals surface area contributed by atoms with E-state index in [2.05, 4.69) is 42.3 Å². The first-order chi connectivity index (χ1) is 14.9. The van der Waals surface area contributed by atoms with Gasteiger partial charge in [-0.25, -0.2) is 13.8 Å². The van der Waals surface area contributed by atoms with Crippen molar-refractivity contribution in [3.05, 3.63) is 107 Å². The Hall–Kier alpha value is -3.80. The Labute approximate surface area is 179 Å². The van der Waals surface area contributed by atoms with E-state index in [1.54, 1.807) is 4.57 Å². The Kier molecular flexibility index (Phi) is 5.62. The van der Waals surface area contributed by atoms with Crippen molar-refractivity contribution in [1.29, 1.82) is 0 Å². The molecule has 1 heterocycles. The summed E-state index contributed by atoms with van der Waals surface area (Å²) in [6.45, 7) is 3.87. The fourth-order valence-electron chi connectivity index (χ4n) is 3.59. The van der Waals surface area contributed by atoms with E-state index in [1.807, 2.05) is 24.3 Å². The van der Waals surface area contributed by atoms with Crippen LogP contribution in [0.3, 0.4) is 0 Å². The first kappa shape index (κ1) is 20.5.